The number of ether oxygens (including phenoxy) is 4. The summed E-state index contributed by atoms with van der Waals surface area (Å²) in [6, 6.07) is 6.46. The lowest BCUT2D eigenvalue weighted by atomic mass is 10.1. The van der Waals surface area contributed by atoms with Crippen molar-refractivity contribution in [3.63, 3.8) is 0 Å². The number of benzene rings is 1. The fraction of sp³-hybridized carbons (Fsp3) is 0.625. The second kappa shape index (κ2) is 6.36. The average molecular weight is 358 g/mol. The van der Waals surface area contributed by atoms with Crippen molar-refractivity contribution in [2.45, 2.75) is 56.1 Å². The Morgan fingerprint density at radius 2 is 1.83 bits per heavy atom. The number of hydrogen-bond acceptors (Lipinski definition) is 7. The van der Waals surface area contributed by atoms with Crippen molar-refractivity contribution in [2.75, 3.05) is 13.7 Å². The Labute approximate surface area is 141 Å². The Hall–Kier alpha value is -1.03. The van der Waals surface area contributed by atoms with E-state index in [9.17, 15) is 8.42 Å². The first-order valence-corrected chi connectivity index (χ1v) is 9.13. The van der Waals surface area contributed by atoms with Gasteiger partial charge in [-0.15, -0.1) is 0 Å². The molecule has 2 aliphatic rings. The molecule has 0 aromatic heterocycles. The van der Waals surface area contributed by atoms with E-state index in [2.05, 4.69) is 0 Å². The van der Waals surface area contributed by atoms with E-state index in [-0.39, 0.29) is 11.5 Å². The number of methoxy groups -OCH3 is 1. The van der Waals surface area contributed by atoms with E-state index in [1.54, 1.807) is 26.0 Å². The highest BCUT2D eigenvalue weighted by molar-refractivity contribution is 7.86. The van der Waals surface area contributed by atoms with Gasteiger partial charge in [-0.25, -0.2) is 0 Å². The summed E-state index contributed by atoms with van der Waals surface area (Å²) >= 11 is 0. The van der Waals surface area contributed by atoms with Crippen molar-refractivity contribution < 1.29 is 31.5 Å². The molecule has 0 saturated carbocycles. The minimum Gasteiger partial charge on any atom is -0.376 e. The molecule has 0 aliphatic carbocycles. The summed E-state index contributed by atoms with van der Waals surface area (Å²) in [5.41, 5.74) is 0.970. The number of rotatable bonds is 5. The first-order valence-electron chi connectivity index (χ1n) is 7.72. The molecule has 3 rings (SSSR count). The van der Waals surface area contributed by atoms with E-state index in [1.165, 1.54) is 19.2 Å². The summed E-state index contributed by atoms with van der Waals surface area (Å²) < 4.78 is 52.2. The number of hydrogen-bond donors (Lipinski definition) is 0. The Bertz CT molecular complexity index is 683. The molecule has 4 atom stereocenters. The van der Waals surface area contributed by atoms with Crippen molar-refractivity contribution >= 4 is 10.1 Å². The highest BCUT2D eigenvalue weighted by Crippen LogP contribution is 2.38. The van der Waals surface area contributed by atoms with Crippen LogP contribution in [-0.2, 0) is 33.2 Å². The molecule has 0 unspecified atom stereocenters. The molecule has 2 heterocycles. The smallest absolute Gasteiger partial charge is 0.297 e. The van der Waals surface area contributed by atoms with Gasteiger partial charge < -0.3 is 18.9 Å². The van der Waals surface area contributed by atoms with Crippen molar-refractivity contribution in [3.8, 4) is 0 Å². The third kappa shape index (κ3) is 3.49. The van der Waals surface area contributed by atoms with E-state index in [0.29, 0.717) is 0 Å². The predicted molar refractivity (Wildman–Crippen MR) is 83.8 cm³/mol. The highest BCUT2D eigenvalue weighted by atomic mass is 32.2. The highest BCUT2D eigenvalue weighted by Gasteiger charge is 2.55. The molecule has 7 nitrogen and oxygen atoms in total. The Morgan fingerprint density at radius 3 is 2.46 bits per heavy atom. The van der Waals surface area contributed by atoms with E-state index in [0.717, 1.165) is 5.56 Å². The van der Waals surface area contributed by atoms with Gasteiger partial charge in [0.15, 0.2) is 12.1 Å². The predicted octanol–water partition coefficient (Wildman–Crippen LogP) is 1.59. The summed E-state index contributed by atoms with van der Waals surface area (Å²) in [6.07, 6.45) is -2.08. The van der Waals surface area contributed by atoms with Crippen LogP contribution in [0.4, 0.5) is 0 Å². The largest absolute Gasteiger partial charge is 0.376 e. The molecule has 0 bridgehead atoms. The van der Waals surface area contributed by atoms with Gasteiger partial charge in [0.05, 0.1) is 11.5 Å². The molecule has 134 valence electrons. The Kier molecular flexibility index (Phi) is 4.71. The molecular formula is C16H22O7S. The maximum atomic E-state index is 12.3. The standard InChI is InChI=1S/C16H22O7S/c1-10-5-7-11(8-6-10)24(17,18)20-9-12-13(19-4)14-15(21-12)23-16(2,3)22-14/h5-8,12-15H,9H2,1-4H3/t12-,13+,14+,15-/m0/s1. The second-order valence-electron chi connectivity index (χ2n) is 6.40. The van der Waals surface area contributed by atoms with E-state index < -0.39 is 40.5 Å². The third-order valence-electron chi connectivity index (χ3n) is 4.06. The molecule has 24 heavy (non-hydrogen) atoms. The van der Waals surface area contributed by atoms with Gasteiger partial charge in [0.25, 0.3) is 10.1 Å². The molecule has 0 N–H and O–H groups in total. The van der Waals surface area contributed by atoms with Gasteiger partial charge in [-0.1, -0.05) is 17.7 Å². The van der Waals surface area contributed by atoms with Crippen LogP contribution in [0.15, 0.2) is 29.2 Å². The summed E-state index contributed by atoms with van der Waals surface area (Å²) in [4.78, 5) is 0.105. The van der Waals surface area contributed by atoms with Crippen LogP contribution in [0.25, 0.3) is 0 Å². The molecule has 1 aromatic carbocycles. The summed E-state index contributed by atoms with van der Waals surface area (Å²) in [6.45, 7) is 5.28. The van der Waals surface area contributed by atoms with Gasteiger partial charge in [-0.2, -0.15) is 8.42 Å². The van der Waals surface area contributed by atoms with Crippen molar-refractivity contribution in [2.24, 2.45) is 0 Å². The molecule has 2 fully saturated rings. The van der Waals surface area contributed by atoms with E-state index in [4.69, 9.17) is 23.1 Å². The summed E-state index contributed by atoms with van der Waals surface area (Å²) in [7, 11) is -2.34. The van der Waals surface area contributed by atoms with Gasteiger partial charge in [0, 0.05) is 7.11 Å². The fourth-order valence-corrected chi connectivity index (χ4v) is 3.81. The zero-order valence-corrected chi connectivity index (χ0v) is 14.9. The zero-order chi connectivity index (χ0) is 17.5. The van der Waals surface area contributed by atoms with Crippen LogP contribution in [0.1, 0.15) is 19.4 Å². The first-order chi connectivity index (χ1) is 11.2. The number of aryl methyl sites for hydroxylation is 1. The van der Waals surface area contributed by atoms with Crippen LogP contribution in [0, 0.1) is 6.92 Å². The molecule has 2 saturated heterocycles. The SMILES string of the molecule is CO[C@H]1[C@H]2OC(C)(C)O[C@@H]2O[C@H]1COS(=O)(=O)c1ccc(C)cc1. The van der Waals surface area contributed by atoms with Crippen LogP contribution in [-0.4, -0.2) is 52.5 Å². The minimum atomic E-state index is -3.86. The zero-order valence-electron chi connectivity index (χ0n) is 14.1. The van der Waals surface area contributed by atoms with Gasteiger partial charge in [0.1, 0.15) is 18.3 Å². The quantitative estimate of drug-likeness (QED) is 0.740. The molecular weight excluding hydrogens is 336 g/mol. The van der Waals surface area contributed by atoms with E-state index >= 15 is 0 Å². The summed E-state index contributed by atoms with van der Waals surface area (Å²) in [5.74, 6) is -0.758. The third-order valence-corrected chi connectivity index (χ3v) is 5.35. The van der Waals surface area contributed by atoms with Crippen LogP contribution in [0.3, 0.4) is 0 Å². The van der Waals surface area contributed by atoms with Crippen molar-refractivity contribution in [3.05, 3.63) is 29.8 Å². The lowest BCUT2D eigenvalue weighted by Gasteiger charge is -2.24. The molecule has 8 heteroatoms. The lowest BCUT2D eigenvalue weighted by molar-refractivity contribution is -0.219. The Balaban J connectivity index is 1.66. The van der Waals surface area contributed by atoms with Gasteiger partial charge in [0.2, 0.25) is 0 Å². The molecule has 0 amide bonds. The van der Waals surface area contributed by atoms with Gasteiger partial charge in [-0.05, 0) is 32.9 Å². The van der Waals surface area contributed by atoms with Crippen molar-refractivity contribution in [1.29, 1.82) is 0 Å². The van der Waals surface area contributed by atoms with Crippen LogP contribution in [0.5, 0.6) is 0 Å². The summed E-state index contributed by atoms with van der Waals surface area (Å²) in [5, 5.41) is 0. The lowest BCUT2D eigenvalue weighted by Crippen LogP contribution is -2.38. The van der Waals surface area contributed by atoms with Crippen molar-refractivity contribution in [1.82, 2.24) is 0 Å². The molecule has 1 aromatic rings. The van der Waals surface area contributed by atoms with Gasteiger partial charge in [-0.3, -0.25) is 4.18 Å². The minimum absolute atomic E-state index is 0.105. The van der Waals surface area contributed by atoms with Crippen LogP contribution >= 0.6 is 0 Å². The molecule has 2 aliphatic heterocycles. The monoisotopic (exact) mass is 358 g/mol. The number of fused-ring (bicyclic) bond motifs is 1. The van der Waals surface area contributed by atoms with Crippen LogP contribution < -0.4 is 0 Å². The maximum absolute atomic E-state index is 12.3. The normalized spacial score (nSPS) is 32.0. The fourth-order valence-electron chi connectivity index (χ4n) is 2.90. The molecule has 0 radical (unpaired) electrons. The second-order valence-corrected chi connectivity index (χ2v) is 8.01. The average Bonchev–Trinajstić information content (AvgIpc) is 2.96. The van der Waals surface area contributed by atoms with Gasteiger partial charge >= 0.3 is 0 Å². The first kappa shape index (κ1) is 17.8. The maximum Gasteiger partial charge on any atom is 0.297 e. The van der Waals surface area contributed by atoms with Crippen LogP contribution in [0.2, 0.25) is 0 Å². The molecule has 0 spiro atoms. The van der Waals surface area contributed by atoms with E-state index in [1.807, 2.05) is 6.92 Å². The topological polar surface area (TPSA) is 80.3 Å². The Morgan fingerprint density at radius 1 is 1.17 bits per heavy atom.